The van der Waals surface area contributed by atoms with E-state index in [0.717, 1.165) is 27.5 Å². The van der Waals surface area contributed by atoms with Gasteiger partial charge in [-0.05, 0) is 63.8 Å². The molecule has 0 aromatic carbocycles. The lowest BCUT2D eigenvalue weighted by Crippen LogP contribution is -2.24. The highest BCUT2D eigenvalue weighted by Crippen LogP contribution is 2.21. The largest absolute Gasteiger partial charge is 0.474 e. The molecule has 2 rings (SSSR count). The van der Waals surface area contributed by atoms with Crippen molar-refractivity contribution in [3.63, 3.8) is 0 Å². The second-order valence-corrected chi connectivity index (χ2v) is 6.03. The summed E-state index contributed by atoms with van der Waals surface area (Å²) in [7, 11) is 0. The maximum absolute atomic E-state index is 5.58. The lowest BCUT2D eigenvalue weighted by molar-refractivity contribution is -0.165. The van der Waals surface area contributed by atoms with Crippen molar-refractivity contribution >= 4 is 38.5 Å². The molecule has 1 aliphatic rings. The van der Waals surface area contributed by atoms with Gasteiger partial charge in [0.05, 0.1) is 10.2 Å². The standard InChI is InChI=1S/C12H15BrINO3/c13-9-7-10(14)12(15-8-9)18-6-5-17-11-3-1-2-4-16-11/h7-8,11H,1-6H2/t11-/m0/s1. The molecule has 18 heavy (non-hydrogen) atoms. The summed E-state index contributed by atoms with van der Waals surface area (Å²) in [5, 5.41) is 0. The molecule has 0 N–H and O–H groups in total. The van der Waals surface area contributed by atoms with E-state index in [1.807, 2.05) is 6.07 Å². The quantitative estimate of drug-likeness (QED) is 0.533. The Bertz CT molecular complexity index is 386. The van der Waals surface area contributed by atoms with Gasteiger partial charge < -0.3 is 14.2 Å². The molecule has 0 spiro atoms. The molecule has 1 atom stereocenters. The summed E-state index contributed by atoms with van der Waals surface area (Å²) >= 11 is 5.56. The maximum Gasteiger partial charge on any atom is 0.227 e. The summed E-state index contributed by atoms with van der Waals surface area (Å²) in [6.45, 7) is 1.82. The fraction of sp³-hybridized carbons (Fsp3) is 0.583. The fourth-order valence-electron chi connectivity index (χ4n) is 1.67. The molecule has 1 aromatic rings. The molecule has 1 aliphatic heterocycles. The summed E-state index contributed by atoms with van der Waals surface area (Å²) < 4.78 is 18.5. The van der Waals surface area contributed by atoms with Crippen molar-refractivity contribution in [1.29, 1.82) is 0 Å². The first-order valence-electron chi connectivity index (χ1n) is 5.93. The Hall–Kier alpha value is 0.0800. The highest BCUT2D eigenvalue weighted by molar-refractivity contribution is 14.1. The number of rotatable bonds is 5. The SMILES string of the molecule is Brc1cnc(OCCO[C@H]2CCCCO2)c(I)c1. The van der Waals surface area contributed by atoms with Crippen LogP contribution in [0.3, 0.4) is 0 Å². The molecule has 6 heteroatoms. The van der Waals surface area contributed by atoms with Crippen LogP contribution in [0, 0.1) is 3.57 Å². The third kappa shape index (κ3) is 4.64. The van der Waals surface area contributed by atoms with Gasteiger partial charge in [-0.1, -0.05) is 0 Å². The topological polar surface area (TPSA) is 40.6 Å². The van der Waals surface area contributed by atoms with Crippen LogP contribution in [0.15, 0.2) is 16.7 Å². The van der Waals surface area contributed by atoms with Gasteiger partial charge in [0.15, 0.2) is 6.29 Å². The zero-order chi connectivity index (χ0) is 12.8. The second kappa shape index (κ2) is 7.62. The number of pyridine rings is 1. The Labute approximate surface area is 129 Å². The van der Waals surface area contributed by atoms with Crippen LogP contribution in [0.2, 0.25) is 0 Å². The minimum Gasteiger partial charge on any atom is -0.474 e. The average molecular weight is 428 g/mol. The van der Waals surface area contributed by atoms with Crippen LogP contribution in [-0.4, -0.2) is 31.1 Å². The van der Waals surface area contributed by atoms with Gasteiger partial charge in [-0.3, -0.25) is 0 Å². The Balaban J connectivity index is 1.68. The summed E-state index contributed by atoms with van der Waals surface area (Å²) in [4.78, 5) is 4.20. The molecule has 0 amide bonds. The first kappa shape index (κ1) is 14.5. The van der Waals surface area contributed by atoms with E-state index in [4.69, 9.17) is 14.2 Å². The Morgan fingerprint density at radius 2 is 2.33 bits per heavy atom. The summed E-state index contributed by atoms with van der Waals surface area (Å²) in [5.74, 6) is 0.645. The van der Waals surface area contributed by atoms with E-state index < -0.39 is 0 Å². The zero-order valence-corrected chi connectivity index (χ0v) is 13.6. The van der Waals surface area contributed by atoms with Crippen LogP contribution in [0.4, 0.5) is 0 Å². The third-order valence-corrected chi connectivity index (χ3v) is 3.74. The Morgan fingerprint density at radius 3 is 3.06 bits per heavy atom. The molecule has 0 unspecified atom stereocenters. The Kier molecular flexibility index (Phi) is 6.13. The third-order valence-electron chi connectivity index (χ3n) is 2.54. The van der Waals surface area contributed by atoms with E-state index in [2.05, 4.69) is 43.5 Å². The predicted molar refractivity (Wildman–Crippen MR) is 79.7 cm³/mol. The molecule has 1 saturated heterocycles. The van der Waals surface area contributed by atoms with Crippen LogP contribution in [-0.2, 0) is 9.47 Å². The molecule has 2 heterocycles. The monoisotopic (exact) mass is 427 g/mol. The zero-order valence-electron chi connectivity index (χ0n) is 9.90. The van der Waals surface area contributed by atoms with Crippen molar-refractivity contribution in [2.24, 2.45) is 0 Å². The van der Waals surface area contributed by atoms with Crippen molar-refractivity contribution in [2.45, 2.75) is 25.6 Å². The lowest BCUT2D eigenvalue weighted by Gasteiger charge is -2.22. The van der Waals surface area contributed by atoms with Crippen molar-refractivity contribution in [2.75, 3.05) is 19.8 Å². The summed E-state index contributed by atoms with van der Waals surface area (Å²) in [6, 6.07) is 1.97. The molecular weight excluding hydrogens is 413 g/mol. The molecule has 1 aromatic heterocycles. The summed E-state index contributed by atoms with van der Waals surface area (Å²) in [6.07, 6.45) is 4.96. The van der Waals surface area contributed by atoms with E-state index in [1.165, 1.54) is 6.42 Å². The molecular formula is C12H15BrINO3. The van der Waals surface area contributed by atoms with Gasteiger partial charge in [-0.2, -0.15) is 0 Å². The van der Waals surface area contributed by atoms with Crippen molar-refractivity contribution in [1.82, 2.24) is 4.98 Å². The van der Waals surface area contributed by atoms with E-state index in [-0.39, 0.29) is 6.29 Å². The minimum absolute atomic E-state index is 0.0562. The van der Waals surface area contributed by atoms with Gasteiger partial charge in [0.25, 0.3) is 0 Å². The number of hydrogen-bond acceptors (Lipinski definition) is 4. The number of halogens is 2. The van der Waals surface area contributed by atoms with Gasteiger partial charge >= 0.3 is 0 Å². The van der Waals surface area contributed by atoms with Crippen LogP contribution in [0.1, 0.15) is 19.3 Å². The van der Waals surface area contributed by atoms with Gasteiger partial charge in [-0.15, -0.1) is 0 Å². The molecule has 0 bridgehead atoms. The number of ether oxygens (including phenoxy) is 3. The molecule has 1 fully saturated rings. The minimum atomic E-state index is -0.0562. The maximum atomic E-state index is 5.58. The number of hydrogen-bond donors (Lipinski definition) is 0. The van der Waals surface area contributed by atoms with Gasteiger partial charge in [0.1, 0.15) is 6.61 Å². The van der Waals surface area contributed by atoms with Crippen LogP contribution in [0.5, 0.6) is 5.88 Å². The van der Waals surface area contributed by atoms with Crippen LogP contribution < -0.4 is 4.74 Å². The van der Waals surface area contributed by atoms with Gasteiger partial charge in [-0.25, -0.2) is 4.98 Å². The van der Waals surface area contributed by atoms with Crippen molar-refractivity contribution in [3.05, 3.63) is 20.3 Å². The van der Waals surface area contributed by atoms with Gasteiger partial charge in [0.2, 0.25) is 5.88 Å². The average Bonchev–Trinajstić information content (AvgIpc) is 2.38. The van der Waals surface area contributed by atoms with E-state index in [9.17, 15) is 0 Å². The molecule has 0 saturated carbocycles. The first-order valence-corrected chi connectivity index (χ1v) is 7.80. The fourth-order valence-corrected chi connectivity index (χ4v) is 3.06. The van der Waals surface area contributed by atoms with E-state index in [1.54, 1.807) is 6.20 Å². The normalized spacial score (nSPS) is 19.8. The second-order valence-electron chi connectivity index (χ2n) is 3.96. The van der Waals surface area contributed by atoms with Crippen molar-refractivity contribution in [3.8, 4) is 5.88 Å². The smallest absolute Gasteiger partial charge is 0.227 e. The van der Waals surface area contributed by atoms with Crippen LogP contribution in [0.25, 0.3) is 0 Å². The van der Waals surface area contributed by atoms with E-state index >= 15 is 0 Å². The molecule has 0 radical (unpaired) electrons. The lowest BCUT2D eigenvalue weighted by atomic mass is 10.2. The summed E-state index contributed by atoms with van der Waals surface area (Å²) in [5.41, 5.74) is 0. The molecule has 0 aliphatic carbocycles. The van der Waals surface area contributed by atoms with Crippen molar-refractivity contribution < 1.29 is 14.2 Å². The highest BCUT2D eigenvalue weighted by Gasteiger charge is 2.13. The predicted octanol–water partition coefficient (Wildman–Crippen LogP) is 3.37. The number of nitrogens with zero attached hydrogens (tertiary/aromatic N) is 1. The van der Waals surface area contributed by atoms with Crippen LogP contribution >= 0.6 is 38.5 Å². The highest BCUT2D eigenvalue weighted by atomic mass is 127. The molecule has 100 valence electrons. The molecule has 4 nitrogen and oxygen atoms in total. The van der Waals surface area contributed by atoms with Gasteiger partial charge in [0, 0.05) is 17.3 Å². The number of aromatic nitrogens is 1. The Morgan fingerprint density at radius 1 is 1.44 bits per heavy atom. The first-order chi connectivity index (χ1) is 8.75. The van der Waals surface area contributed by atoms with E-state index in [0.29, 0.717) is 19.1 Å².